The zero-order valence-corrected chi connectivity index (χ0v) is 10.9. The maximum absolute atomic E-state index is 11.2. The van der Waals surface area contributed by atoms with Gasteiger partial charge in [-0.15, -0.1) is 0 Å². The van der Waals surface area contributed by atoms with Crippen molar-refractivity contribution < 1.29 is 9.90 Å². The number of unbranched alkanes of at least 4 members (excludes halogenated alkanes) is 1. The zero-order chi connectivity index (χ0) is 12.1. The molecule has 3 unspecified atom stereocenters. The van der Waals surface area contributed by atoms with Gasteiger partial charge in [0.25, 0.3) is 0 Å². The molecule has 1 aliphatic rings. The highest BCUT2D eigenvalue weighted by Crippen LogP contribution is 2.39. The summed E-state index contributed by atoms with van der Waals surface area (Å²) in [4.78, 5) is 11.2. The van der Waals surface area contributed by atoms with Crippen molar-refractivity contribution in [3.63, 3.8) is 0 Å². The standard InChI is InChI=1S/C14H26O2/c1-4-5-6-12-9-11(10(2)3)7-8-13(12)14(15)16/h10-13H,4-9H2,1-3H3,(H,15,16). The van der Waals surface area contributed by atoms with E-state index in [-0.39, 0.29) is 5.92 Å². The average molecular weight is 226 g/mol. The second-order valence-electron chi connectivity index (χ2n) is 5.66. The van der Waals surface area contributed by atoms with Gasteiger partial charge in [0.2, 0.25) is 0 Å². The predicted octanol–water partition coefficient (Wildman–Crippen LogP) is 3.95. The molecule has 1 aliphatic carbocycles. The fraction of sp³-hybridized carbons (Fsp3) is 0.929. The van der Waals surface area contributed by atoms with Crippen LogP contribution in [0.3, 0.4) is 0 Å². The topological polar surface area (TPSA) is 37.3 Å². The number of hydrogen-bond donors (Lipinski definition) is 1. The summed E-state index contributed by atoms with van der Waals surface area (Å²) >= 11 is 0. The molecule has 0 aliphatic heterocycles. The molecule has 1 saturated carbocycles. The summed E-state index contributed by atoms with van der Waals surface area (Å²) < 4.78 is 0. The van der Waals surface area contributed by atoms with Gasteiger partial charge in [0, 0.05) is 0 Å². The maximum atomic E-state index is 11.2. The minimum atomic E-state index is -0.566. The summed E-state index contributed by atoms with van der Waals surface area (Å²) in [5, 5.41) is 9.23. The van der Waals surface area contributed by atoms with Gasteiger partial charge in [-0.1, -0.05) is 33.6 Å². The Kier molecular flexibility index (Phi) is 5.30. The van der Waals surface area contributed by atoms with Gasteiger partial charge in [0.1, 0.15) is 0 Å². The van der Waals surface area contributed by atoms with Crippen LogP contribution in [-0.2, 0) is 4.79 Å². The first-order chi connectivity index (χ1) is 7.56. The predicted molar refractivity (Wildman–Crippen MR) is 66.3 cm³/mol. The second kappa shape index (κ2) is 6.27. The molecule has 0 spiro atoms. The first kappa shape index (κ1) is 13.5. The van der Waals surface area contributed by atoms with Crippen molar-refractivity contribution in [1.29, 1.82) is 0 Å². The molecule has 0 aromatic rings. The molecular weight excluding hydrogens is 200 g/mol. The molecular formula is C14H26O2. The van der Waals surface area contributed by atoms with Gasteiger partial charge in [-0.05, 0) is 43.4 Å². The third kappa shape index (κ3) is 3.50. The Labute approximate surface area is 99.4 Å². The quantitative estimate of drug-likeness (QED) is 0.770. The Hall–Kier alpha value is -0.530. The monoisotopic (exact) mass is 226 g/mol. The molecule has 0 saturated heterocycles. The Morgan fingerprint density at radius 3 is 2.56 bits per heavy atom. The van der Waals surface area contributed by atoms with Crippen LogP contribution < -0.4 is 0 Å². The van der Waals surface area contributed by atoms with Crippen molar-refractivity contribution in [2.24, 2.45) is 23.7 Å². The van der Waals surface area contributed by atoms with Crippen molar-refractivity contribution in [2.45, 2.75) is 59.3 Å². The third-order valence-corrected chi connectivity index (χ3v) is 4.21. The van der Waals surface area contributed by atoms with Crippen LogP contribution in [0, 0.1) is 23.7 Å². The number of carbonyl (C=O) groups is 1. The second-order valence-corrected chi connectivity index (χ2v) is 5.66. The summed E-state index contributed by atoms with van der Waals surface area (Å²) in [6.07, 6.45) is 6.60. The molecule has 0 aromatic carbocycles. The van der Waals surface area contributed by atoms with E-state index in [4.69, 9.17) is 0 Å². The van der Waals surface area contributed by atoms with Crippen LogP contribution in [0.1, 0.15) is 59.3 Å². The molecule has 16 heavy (non-hydrogen) atoms. The highest BCUT2D eigenvalue weighted by molar-refractivity contribution is 5.70. The van der Waals surface area contributed by atoms with Gasteiger partial charge in [0.15, 0.2) is 0 Å². The van der Waals surface area contributed by atoms with E-state index in [1.807, 2.05) is 0 Å². The Bertz CT molecular complexity index is 223. The van der Waals surface area contributed by atoms with E-state index in [9.17, 15) is 9.90 Å². The van der Waals surface area contributed by atoms with E-state index < -0.39 is 5.97 Å². The Morgan fingerprint density at radius 1 is 1.38 bits per heavy atom. The van der Waals surface area contributed by atoms with E-state index in [1.54, 1.807) is 0 Å². The average Bonchev–Trinajstić information content (AvgIpc) is 2.25. The molecule has 0 amide bonds. The van der Waals surface area contributed by atoms with E-state index >= 15 is 0 Å². The van der Waals surface area contributed by atoms with E-state index in [0.717, 1.165) is 31.6 Å². The van der Waals surface area contributed by atoms with Gasteiger partial charge >= 0.3 is 5.97 Å². The van der Waals surface area contributed by atoms with E-state index in [2.05, 4.69) is 20.8 Å². The first-order valence-corrected chi connectivity index (χ1v) is 6.79. The van der Waals surface area contributed by atoms with Gasteiger partial charge < -0.3 is 5.11 Å². The van der Waals surface area contributed by atoms with Crippen molar-refractivity contribution in [1.82, 2.24) is 0 Å². The summed E-state index contributed by atoms with van der Waals surface area (Å²) in [7, 11) is 0. The zero-order valence-electron chi connectivity index (χ0n) is 10.9. The van der Waals surface area contributed by atoms with Crippen LogP contribution in [0.25, 0.3) is 0 Å². The fourth-order valence-electron chi connectivity index (χ4n) is 3.02. The summed E-state index contributed by atoms with van der Waals surface area (Å²) in [6, 6.07) is 0. The molecule has 0 bridgehead atoms. The molecule has 0 heterocycles. The van der Waals surface area contributed by atoms with Crippen LogP contribution in [-0.4, -0.2) is 11.1 Å². The van der Waals surface area contributed by atoms with Crippen LogP contribution in [0.5, 0.6) is 0 Å². The maximum Gasteiger partial charge on any atom is 0.306 e. The van der Waals surface area contributed by atoms with Gasteiger partial charge in [0.05, 0.1) is 5.92 Å². The van der Waals surface area contributed by atoms with Gasteiger partial charge in [-0.3, -0.25) is 4.79 Å². The highest BCUT2D eigenvalue weighted by Gasteiger charge is 2.35. The molecule has 94 valence electrons. The highest BCUT2D eigenvalue weighted by atomic mass is 16.4. The SMILES string of the molecule is CCCCC1CC(C(C)C)CCC1C(=O)O. The van der Waals surface area contributed by atoms with Crippen molar-refractivity contribution >= 4 is 5.97 Å². The molecule has 1 fully saturated rings. The lowest BCUT2D eigenvalue weighted by Gasteiger charge is -2.36. The molecule has 1 rings (SSSR count). The smallest absolute Gasteiger partial charge is 0.306 e. The first-order valence-electron chi connectivity index (χ1n) is 6.79. The fourth-order valence-corrected chi connectivity index (χ4v) is 3.02. The molecule has 2 heteroatoms. The summed E-state index contributed by atoms with van der Waals surface area (Å²) in [6.45, 7) is 6.71. The lowest BCUT2D eigenvalue weighted by atomic mass is 9.69. The summed E-state index contributed by atoms with van der Waals surface area (Å²) in [5.74, 6) is 1.25. The lowest BCUT2D eigenvalue weighted by molar-refractivity contribution is -0.145. The largest absolute Gasteiger partial charge is 0.481 e. The Morgan fingerprint density at radius 2 is 2.06 bits per heavy atom. The van der Waals surface area contributed by atoms with Crippen LogP contribution in [0.15, 0.2) is 0 Å². The number of hydrogen-bond acceptors (Lipinski definition) is 1. The van der Waals surface area contributed by atoms with Gasteiger partial charge in [-0.2, -0.15) is 0 Å². The Balaban J connectivity index is 2.58. The molecule has 0 aromatic heterocycles. The van der Waals surface area contributed by atoms with Crippen LogP contribution in [0.4, 0.5) is 0 Å². The number of carboxylic acid groups (broad SMARTS) is 1. The van der Waals surface area contributed by atoms with Crippen LogP contribution in [0.2, 0.25) is 0 Å². The molecule has 2 nitrogen and oxygen atoms in total. The number of carboxylic acids is 1. The molecule has 1 N–H and O–H groups in total. The number of rotatable bonds is 5. The van der Waals surface area contributed by atoms with E-state index in [1.165, 1.54) is 12.8 Å². The van der Waals surface area contributed by atoms with Gasteiger partial charge in [-0.25, -0.2) is 0 Å². The normalized spacial score (nSPS) is 30.6. The van der Waals surface area contributed by atoms with Crippen molar-refractivity contribution in [3.8, 4) is 0 Å². The number of aliphatic carboxylic acids is 1. The van der Waals surface area contributed by atoms with Crippen molar-refractivity contribution in [2.75, 3.05) is 0 Å². The minimum Gasteiger partial charge on any atom is -0.481 e. The third-order valence-electron chi connectivity index (χ3n) is 4.21. The molecule has 0 radical (unpaired) electrons. The minimum absolute atomic E-state index is 0.0680. The lowest BCUT2D eigenvalue weighted by Crippen LogP contribution is -2.32. The van der Waals surface area contributed by atoms with E-state index in [0.29, 0.717) is 11.8 Å². The van der Waals surface area contributed by atoms with Crippen molar-refractivity contribution in [3.05, 3.63) is 0 Å². The molecule has 3 atom stereocenters. The summed E-state index contributed by atoms with van der Waals surface area (Å²) in [5.41, 5.74) is 0. The van der Waals surface area contributed by atoms with Crippen LogP contribution >= 0.6 is 0 Å².